The van der Waals surface area contributed by atoms with E-state index >= 15 is 0 Å². The lowest BCUT2D eigenvalue weighted by Crippen LogP contribution is -2.43. The molecule has 0 aliphatic heterocycles. The highest BCUT2D eigenvalue weighted by atomic mass is 35.5. The minimum absolute atomic E-state index is 0. The molecule has 0 aromatic heterocycles. The fourth-order valence-corrected chi connectivity index (χ4v) is 1.62. The van der Waals surface area contributed by atoms with E-state index in [1.54, 1.807) is 0 Å². The van der Waals surface area contributed by atoms with Crippen LogP contribution in [0.2, 0.25) is 0 Å². The molecule has 1 saturated carbocycles. The molecule has 1 aliphatic carbocycles. The fourth-order valence-electron chi connectivity index (χ4n) is 1.62. The van der Waals surface area contributed by atoms with Crippen molar-refractivity contribution in [2.45, 2.75) is 31.6 Å². The number of amides is 1. The maximum absolute atomic E-state index is 12.7. The summed E-state index contributed by atoms with van der Waals surface area (Å²) in [5, 5.41) is 2.25. The van der Waals surface area contributed by atoms with Crippen molar-refractivity contribution in [3.8, 4) is 0 Å². The van der Waals surface area contributed by atoms with E-state index in [1.807, 2.05) is 0 Å². The van der Waals surface area contributed by atoms with Gasteiger partial charge in [-0.15, -0.1) is 12.4 Å². The van der Waals surface area contributed by atoms with Crippen LogP contribution in [0, 0.1) is 5.92 Å². The molecule has 0 spiro atoms. The van der Waals surface area contributed by atoms with Crippen LogP contribution in [0.4, 0.5) is 8.78 Å². The standard InChI is InChI=1S/C9H16F2N2O.ClH/c10-9(11,5-12)6-13-8(14)7-3-1-2-4-7;/h7H,1-6,12H2,(H,13,14);1H. The number of hydrogen-bond acceptors (Lipinski definition) is 2. The summed E-state index contributed by atoms with van der Waals surface area (Å²) in [4.78, 5) is 11.3. The van der Waals surface area contributed by atoms with Crippen LogP contribution < -0.4 is 11.1 Å². The van der Waals surface area contributed by atoms with E-state index in [0.29, 0.717) is 0 Å². The molecule has 1 fully saturated rings. The van der Waals surface area contributed by atoms with Crippen LogP contribution in [0.3, 0.4) is 0 Å². The fraction of sp³-hybridized carbons (Fsp3) is 0.889. The first-order valence-corrected chi connectivity index (χ1v) is 4.91. The van der Waals surface area contributed by atoms with Crippen molar-refractivity contribution < 1.29 is 13.6 Å². The number of nitrogens with two attached hydrogens (primary N) is 1. The van der Waals surface area contributed by atoms with Gasteiger partial charge in [-0.3, -0.25) is 4.79 Å². The largest absolute Gasteiger partial charge is 0.350 e. The molecular weight excluding hydrogens is 226 g/mol. The third-order valence-electron chi connectivity index (χ3n) is 2.55. The van der Waals surface area contributed by atoms with Crippen molar-refractivity contribution in [1.29, 1.82) is 0 Å². The second-order valence-corrected chi connectivity index (χ2v) is 3.76. The lowest BCUT2D eigenvalue weighted by Gasteiger charge is -2.16. The van der Waals surface area contributed by atoms with E-state index in [9.17, 15) is 13.6 Å². The van der Waals surface area contributed by atoms with Crippen LogP contribution in [-0.4, -0.2) is 24.9 Å². The average molecular weight is 243 g/mol. The molecule has 15 heavy (non-hydrogen) atoms. The van der Waals surface area contributed by atoms with Gasteiger partial charge in [-0.25, -0.2) is 8.78 Å². The summed E-state index contributed by atoms with van der Waals surface area (Å²) >= 11 is 0. The number of alkyl halides is 2. The number of rotatable bonds is 4. The molecule has 1 amide bonds. The van der Waals surface area contributed by atoms with Gasteiger partial charge in [0.2, 0.25) is 5.91 Å². The summed E-state index contributed by atoms with van der Waals surface area (Å²) in [6.07, 6.45) is 3.68. The molecule has 0 aromatic carbocycles. The van der Waals surface area contributed by atoms with Gasteiger partial charge in [0.25, 0.3) is 5.92 Å². The lowest BCUT2D eigenvalue weighted by atomic mass is 10.1. The number of halogens is 3. The SMILES string of the molecule is Cl.NCC(F)(F)CNC(=O)C1CCCC1. The first-order chi connectivity index (χ1) is 6.55. The van der Waals surface area contributed by atoms with E-state index in [0.717, 1.165) is 25.7 Å². The van der Waals surface area contributed by atoms with Crippen LogP contribution in [0.25, 0.3) is 0 Å². The molecule has 0 unspecified atom stereocenters. The molecule has 6 heteroatoms. The van der Waals surface area contributed by atoms with Gasteiger partial charge in [0, 0.05) is 5.92 Å². The number of nitrogens with one attached hydrogen (secondary N) is 1. The predicted octanol–water partition coefficient (Wildman–Crippen LogP) is 1.31. The van der Waals surface area contributed by atoms with Gasteiger partial charge >= 0.3 is 0 Å². The summed E-state index contributed by atoms with van der Waals surface area (Å²) in [7, 11) is 0. The molecule has 0 atom stereocenters. The first-order valence-electron chi connectivity index (χ1n) is 4.91. The van der Waals surface area contributed by atoms with Gasteiger partial charge in [-0.05, 0) is 12.8 Å². The quantitative estimate of drug-likeness (QED) is 0.781. The molecule has 0 bridgehead atoms. The molecule has 0 radical (unpaired) electrons. The molecule has 0 aromatic rings. The normalized spacial score (nSPS) is 17.3. The Kier molecular flexibility index (Phi) is 6.05. The van der Waals surface area contributed by atoms with Gasteiger partial charge in [0.15, 0.2) is 0 Å². The molecule has 90 valence electrons. The van der Waals surface area contributed by atoms with Crippen molar-refractivity contribution in [2.24, 2.45) is 11.7 Å². The second kappa shape index (κ2) is 6.23. The van der Waals surface area contributed by atoms with Gasteiger partial charge < -0.3 is 11.1 Å². The zero-order chi connectivity index (χ0) is 10.6. The topological polar surface area (TPSA) is 55.1 Å². The first kappa shape index (κ1) is 14.6. The minimum atomic E-state index is -2.98. The summed E-state index contributed by atoms with van der Waals surface area (Å²) in [5.74, 6) is -3.30. The molecular formula is C9H17ClF2N2O. The Morgan fingerprint density at radius 2 is 1.93 bits per heavy atom. The van der Waals surface area contributed by atoms with E-state index in [1.165, 1.54) is 0 Å². The number of carbonyl (C=O) groups is 1. The molecule has 0 saturated heterocycles. The van der Waals surface area contributed by atoms with E-state index in [2.05, 4.69) is 5.32 Å². The maximum Gasteiger partial charge on any atom is 0.277 e. The second-order valence-electron chi connectivity index (χ2n) is 3.76. The summed E-state index contributed by atoms with van der Waals surface area (Å²) < 4.78 is 25.3. The average Bonchev–Trinajstić information content (AvgIpc) is 2.67. The Morgan fingerprint density at radius 1 is 1.40 bits per heavy atom. The molecule has 1 rings (SSSR count). The molecule has 0 heterocycles. The Balaban J connectivity index is 0.00000196. The van der Waals surface area contributed by atoms with E-state index < -0.39 is 19.0 Å². The number of carbonyl (C=O) groups excluding carboxylic acids is 1. The monoisotopic (exact) mass is 242 g/mol. The van der Waals surface area contributed by atoms with Crippen molar-refractivity contribution in [2.75, 3.05) is 13.1 Å². The van der Waals surface area contributed by atoms with E-state index in [4.69, 9.17) is 5.73 Å². The third-order valence-corrected chi connectivity index (χ3v) is 2.55. The summed E-state index contributed by atoms with van der Waals surface area (Å²) in [6.45, 7) is -1.36. The highest BCUT2D eigenvalue weighted by Crippen LogP contribution is 2.24. The highest BCUT2D eigenvalue weighted by molar-refractivity contribution is 5.85. The maximum atomic E-state index is 12.7. The van der Waals surface area contributed by atoms with Crippen LogP contribution in [0.1, 0.15) is 25.7 Å². The Hall–Kier alpha value is -0.420. The molecule has 3 nitrogen and oxygen atoms in total. The Labute approximate surface area is 94.2 Å². The Morgan fingerprint density at radius 3 is 2.40 bits per heavy atom. The molecule has 1 aliphatic rings. The minimum Gasteiger partial charge on any atom is -0.350 e. The zero-order valence-electron chi connectivity index (χ0n) is 8.47. The molecule has 3 N–H and O–H groups in total. The number of hydrogen-bond donors (Lipinski definition) is 2. The van der Waals surface area contributed by atoms with Crippen LogP contribution in [0.5, 0.6) is 0 Å². The van der Waals surface area contributed by atoms with Crippen LogP contribution >= 0.6 is 12.4 Å². The van der Waals surface area contributed by atoms with Crippen molar-refractivity contribution >= 4 is 18.3 Å². The third kappa shape index (κ3) is 4.75. The Bertz CT molecular complexity index is 208. The van der Waals surface area contributed by atoms with Crippen molar-refractivity contribution in [3.63, 3.8) is 0 Å². The van der Waals surface area contributed by atoms with Gasteiger partial charge in [0.1, 0.15) is 0 Å². The van der Waals surface area contributed by atoms with Crippen LogP contribution in [-0.2, 0) is 4.79 Å². The lowest BCUT2D eigenvalue weighted by molar-refractivity contribution is -0.126. The van der Waals surface area contributed by atoms with Crippen LogP contribution in [0.15, 0.2) is 0 Å². The highest BCUT2D eigenvalue weighted by Gasteiger charge is 2.29. The van der Waals surface area contributed by atoms with Crippen molar-refractivity contribution in [3.05, 3.63) is 0 Å². The smallest absolute Gasteiger partial charge is 0.277 e. The van der Waals surface area contributed by atoms with Crippen molar-refractivity contribution in [1.82, 2.24) is 5.32 Å². The van der Waals surface area contributed by atoms with Gasteiger partial charge in [-0.1, -0.05) is 12.8 Å². The predicted molar refractivity (Wildman–Crippen MR) is 56.2 cm³/mol. The zero-order valence-corrected chi connectivity index (χ0v) is 9.29. The van der Waals surface area contributed by atoms with E-state index in [-0.39, 0.29) is 24.2 Å². The van der Waals surface area contributed by atoms with Gasteiger partial charge in [-0.2, -0.15) is 0 Å². The summed E-state index contributed by atoms with van der Waals surface area (Å²) in [5.41, 5.74) is 4.84. The summed E-state index contributed by atoms with van der Waals surface area (Å²) in [6, 6.07) is 0. The van der Waals surface area contributed by atoms with Gasteiger partial charge in [0.05, 0.1) is 13.1 Å².